The van der Waals surface area contributed by atoms with Gasteiger partial charge in [-0.2, -0.15) is 0 Å². The molecule has 2 aliphatic heterocycles. The van der Waals surface area contributed by atoms with Crippen LogP contribution in [0.3, 0.4) is 0 Å². The Bertz CT molecular complexity index is 853. The second-order valence-electron chi connectivity index (χ2n) is 7.66. The van der Waals surface area contributed by atoms with Crippen molar-refractivity contribution in [3.05, 3.63) is 65.2 Å². The Hall–Kier alpha value is -2.62. The predicted molar refractivity (Wildman–Crippen MR) is 107 cm³/mol. The molecule has 0 atom stereocenters. The molecule has 0 saturated carbocycles. The largest absolute Gasteiger partial charge is 0.339 e. The quantitative estimate of drug-likeness (QED) is 0.815. The number of benzene rings is 2. The Kier molecular flexibility index (Phi) is 4.97. The number of hydrogen-bond donors (Lipinski definition) is 0. The summed E-state index contributed by atoms with van der Waals surface area (Å²) in [4.78, 5) is 29.7. The van der Waals surface area contributed by atoms with Gasteiger partial charge in [0, 0.05) is 36.8 Å². The van der Waals surface area contributed by atoms with Crippen LogP contribution in [-0.4, -0.2) is 36.3 Å². The summed E-state index contributed by atoms with van der Waals surface area (Å²) in [5, 5.41) is 0. The van der Waals surface area contributed by atoms with Crippen LogP contribution in [0.5, 0.6) is 0 Å². The number of fused-ring (bicyclic) bond motifs is 1. The molecule has 0 N–H and O–H groups in total. The fraction of sp³-hybridized carbons (Fsp3) is 0.391. The van der Waals surface area contributed by atoms with Crippen molar-refractivity contribution in [2.75, 3.05) is 24.5 Å². The molecule has 0 spiro atoms. The van der Waals surface area contributed by atoms with Crippen LogP contribution in [0.25, 0.3) is 0 Å². The minimum Gasteiger partial charge on any atom is -0.339 e. The number of anilines is 1. The first-order valence-corrected chi connectivity index (χ1v) is 9.89. The number of rotatable bonds is 2. The third kappa shape index (κ3) is 3.61. The molecule has 2 amide bonds. The van der Waals surface area contributed by atoms with E-state index in [1.54, 1.807) is 0 Å². The molecule has 2 aromatic rings. The summed E-state index contributed by atoms with van der Waals surface area (Å²) >= 11 is 0. The summed E-state index contributed by atoms with van der Waals surface area (Å²) in [7, 11) is 0. The van der Waals surface area contributed by atoms with Gasteiger partial charge in [-0.05, 0) is 56.4 Å². The number of carbonyl (C=O) groups excluding carboxylic acids is 2. The van der Waals surface area contributed by atoms with Crippen LogP contribution in [0.15, 0.2) is 48.5 Å². The zero-order valence-corrected chi connectivity index (χ0v) is 15.9. The van der Waals surface area contributed by atoms with E-state index in [1.165, 1.54) is 5.56 Å². The van der Waals surface area contributed by atoms with Crippen LogP contribution in [0.1, 0.15) is 40.7 Å². The lowest BCUT2D eigenvalue weighted by molar-refractivity contribution is -0.123. The van der Waals surface area contributed by atoms with Crippen molar-refractivity contribution in [3.8, 4) is 0 Å². The van der Waals surface area contributed by atoms with Crippen molar-refractivity contribution in [1.29, 1.82) is 0 Å². The topological polar surface area (TPSA) is 40.6 Å². The molecule has 2 aromatic carbocycles. The lowest BCUT2D eigenvalue weighted by Crippen LogP contribution is -2.45. The van der Waals surface area contributed by atoms with E-state index in [2.05, 4.69) is 12.1 Å². The molecule has 1 fully saturated rings. The van der Waals surface area contributed by atoms with Crippen LogP contribution in [-0.2, 0) is 11.2 Å². The number of nitrogens with zero attached hydrogens (tertiary/aromatic N) is 2. The summed E-state index contributed by atoms with van der Waals surface area (Å²) in [5.41, 5.74) is 4.18. The van der Waals surface area contributed by atoms with Crippen LogP contribution >= 0.6 is 0 Å². The summed E-state index contributed by atoms with van der Waals surface area (Å²) in [6.45, 7) is 4.10. The highest BCUT2D eigenvalue weighted by atomic mass is 16.2. The molecule has 4 rings (SSSR count). The molecule has 4 heteroatoms. The second-order valence-corrected chi connectivity index (χ2v) is 7.66. The average Bonchev–Trinajstić information content (AvgIpc) is 2.72. The molecule has 1 saturated heterocycles. The molecule has 2 heterocycles. The van der Waals surface area contributed by atoms with Gasteiger partial charge in [-0.15, -0.1) is 0 Å². The van der Waals surface area contributed by atoms with Crippen molar-refractivity contribution in [1.82, 2.24) is 4.90 Å². The van der Waals surface area contributed by atoms with Gasteiger partial charge in [0.25, 0.3) is 5.91 Å². The molecule has 0 aliphatic carbocycles. The lowest BCUT2D eigenvalue weighted by Gasteiger charge is -2.36. The number of hydrogen-bond acceptors (Lipinski definition) is 2. The summed E-state index contributed by atoms with van der Waals surface area (Å²) < 4.78 is 0. The third-order valence-corrected chi connectivity index (χ3v) is 5.77. The molecule has 4 nitrogen and oxygen atoms in total. The highest BCUT2D eigenvalue weighted by Crippen LogP contribution is 2.30. The maximum absolute atomic E-state index is 13.1. The van der Waals surface area contributed by atoms with Crippen molar-refractivity contribution in [2.24, 2.45) is 5.92 Å². The monoisotopic (exact) mass is 362 g/mol. The first-order chi connectivity index (χ1) is 13.1. The van der Waals surface area contributed by atoms with Gasteiger partial charge in [0.05, 0.1) is 0 Å². The highest BCUT2D eigenvalue weighted by Gasteiger charge is 2.32. The van der Waals surface area contributed by atoms with Crippen LogP contribution in [0.4, 0.5) is 5.69 Å². The number of piperidine rings is 1. The Labute approximate surface area is 160 Å². The van der Waals surface area contributed by atoms with Gasteiger partial charge >= 0.3 is 0 Å². The van der Waals surface area contributed by atoms with E-state index in [-0.39, 0.29) is 17.7 Å². The Morgan fingerprint density at radius 1 is 0.963 bits per heavy atom. The third-order valence-electron chi connectivity index (χ3n) is 5.77. The molecule has 27 heavy (non-hydrogen) atoms. The second kappa shape index (κ2) is 7.55. The normalized spacial score (nSPS) is 17.5. The molecule has 2 aliphatic rings. The predicted octanol–water partition coefficient (Wildman–Crippen LogP) is 3.83. The minimum atomic E-state index is 0.0118. The average molecular weight is 362 g/mol. The zero-order chi connectivity index (χ0) is 18.8. The lowest BCUT2D eigenvalue weighted by atomic mass is 9.92. The van der Waals surface area contributed by atoms with Crippen molar-refractivity contribution in [3.63, 3.8) is 0 Å². The van der Waals surface area contributed by atoms with Gasteiger partial charge in [0.15, 0.2) is 0 Å². The van der Waals surface area contributed by atoms with Crippen LogP contribution in [0.2, 0.25) is 0 Å². The highest BCUT2D eigenvalue weighted by molar-refractivity contribution is 5.97. The smallest absolute Gasteiger partial charge is 0.253 e. The van der Waals surface area contributed by atoms with Gasteiger partial charge < -0.3 is 9.80 Å². The summed E-state index contributed by atoms with van der Waals surface area (Å²) in [5.74, 6) is 0.315. The van der Waals surface area contributed by atoms with E-state index in [1.807, 2.05) is 53.1 Å². The van der Waals surface area contributed by atoms with Gasteiger partial charge in [0.1, 0.15) is 0 Å². The van der Waals surface area contributed by atoms with Crippen molar-refractivity contribution >= 4 is 17.5 Å². The maximum Gasteiger partial charge on any atom is 0.253 e. The first-order valence-electron chi connectivity index (χ1n) is 9.89. The Morgan fingerprint density at radius 3 is 2.52 bits per heavy atom. The van der Waals surface area contributed by atoms with Gasteiger partial charge in [-0.1, -0.05) is 35.9 Å². The number of para-hydroxylation sites is 1. The molecular formula is C23H26N2O2. The number of likely N-dealkylation sites (tertiary alicyclic amines) is 1. The van der Waals surface area contributed by atoms with Crippen molar-refractivity contribution in [2.45, 2.75) is 32.6 Å². The van der Waals surface area contributed by atoms with Crippen LogP contribution in [0, 0.1) is 12.8 Å². The Morgan fingerprint density at radius 2 is 1.74 bits per heavy atom. The fourth-order valence-electron chi connectivity index (χ4n) is 4.27. The molecule has 0 aromatic heterocycles. The van der Waals surface area contributed by atoms with E-state index >= 15 is 0 Å². The van der Waals surface area contributed by atoms with E-state index in [4.69, 9.17) is 0 Å². The molecular weight excluding hydrogens is 336 g/mol. The van der Waals surface area contributed by atoms with Crippen LogP contribution < -0.4 is 4.90 Å². The summed E-state index contributed by atoms with van der Waals surface area (Å²) in [6, 6.07) is 16.0. The molecule has 140 valence electrons. The minimum absolute atomic E-state index is 0.0118. The van der Waals surface area contributed by atoms with E-state index in [9.17, 15) is 9.59 Å². The SMILES string of the molecule is Cc1cccc(C(=O)N2CCC(C(=O)N3CCCc4ccccc43)CC2)c1. The standard InChI is InChI=1S/C23H26N2O2/c1-17-6-4-8-20(16-17)22(26)24-14-11-19(12-15-24)23(27)25-13-5-9-18-7-2-3-10-21(18)25/h2-4,6-8,10,16,19H,5,9,11-15H2,1H3. The number of aryl methyl sites for hydroxylation is 2. The van der Waals surface area contributed by atoms with E-state index in [0.717, 1.165) is 49.0 Å². The van der Waals surface area contributed by atoms with Gasteiger partial charge in [-0.25, -0.2) is 0 Å². The number of amides is 2. The first kappa shape index (κ1) is 17.8. The maximum atomic E-state index is 13.1. The van der Waals surface area contributed by atoms with E-state index < -0.39 is 0 Å². The van der Waals surface area contributed by atoms with Crippen molar-refractivity contribution < 1.29 is 9.59 Å². The zero-order valence-electron chi connectivity index (χ0n) is 15.9. The molecule has 0 unspecified atom stereocenters. The molecule has 0 radical (unpaired) electrons. The van der Waals surface area contributed by atoms with Gasteiger partial charge in [-0.3, -0.25) is 9.59 Å². The van der Waals surface area contributed by atoms with Gasteiger partial charge in [0.2, 0.25) is 5.91 Å². The number of carbonyl (C=O) groups is 2. The molecule has 0 bridgehead atoms. The van der Waals surface area contributed by atoms with E-state index in [0.29, 0.717) is 13.1 Å². The summed E-state index contributed by atoms with van der Waals surface area (Å²) in [6.07, 6.45) is 3.56. The fourth-order valence-corrected chi connectivity index (χ4v) is 4.27. The Balaban J connectivity index is 1.41.